The predicted molar refractivity (Wildman–Crippen MR) is 33.0 cm³/mol. The van der Waals surface area contributed by atoms with Crippen molar-refractivity contribution in [2.45, 2.75) is 38.5 Å². The van der Waals surface area contributed by atoms with Crippen LogP contribution in [0.3, 0.4) is 0 Å². The molecule has 0 aromatic heterocycles. The van der Waals surface area contributed by atoms with Gasteiger partial charge in [0.1, 0.15) is 0 Å². The van der Waals surface area contributed by atoms with E-state index in [0.717, 1.165) is 0 Å². The van der Waals surface area contributed by atoms with Gasteiger partial charge in [0.05, 0.1) is 0 Å². The Morgan fingerprint density at radius 2 is 0.786 bits per heavy atom. The summed E-state index contributed by atoms with van der Waals surface area (Å²) in [7, 11) is 0. The number of hydrogen-bond donors (Lipinski definition) is 0. The van der Waals surface area contributed by atoms with Gasteiger partial charge in [-0.15, -0.1) is 0 Å². The Balaban J connectivity index is 0. The quantitative estimate of drug-likeness (QED) is 0.550. The van der Waals surface area contributed by atoms with Crippen LogP contribution in [0.1, 0.15) is 20.3 Å². The molecule has 14 heavy (non-hydrogen) atoms. The summed E-state index contributed by atoms with van der Waals surface area (Å²) >= 11 is 0. The molecule has 0 radical (unpaired) electrons. The largest absolute Gasteiger partial charge is 0.463 e. The van der Waals surface area contributed by atoms with E-state index in [1.54, 1.807) is 0 Å². The third kappa shape index (κ3) is 4.10. The Kier molecular flexibility index (Phi) is 5.44. The van der Waals surface area contributed by atoms with Crippen LogP contribution in [0.15, 0.2) is 0 Å². The molecule has 0 saturated carbocycles. The van der Waals surface area contributed by atoms with Crippen LogP contribution in [0.5, 0.6) is 0 Å². The van der Waals surface area contributed by atoms with E-state index in [1.807, 2.05) is 0 Å². The summed E-state index contributed by atoms with van der Waals surface area (Å²) in [6, 6.07) is 0. The fourth-order valence-corrected chi connectivity index (χ4v) is 0.161. The second-order valence-electron chi connectivity index (χ2n) is 2.28. The van der Waals surface area contributed by atoms with Gasteiger partial charge in [-0.05, 0) is 0 Å². The van der Waals surface area contributed by atoms with Crippen molar-refractivity contribution in [2.24, 2.45) is 0 Å². The lowest BCUT2D eigenvalue weighted by molar-refractivity contribution is -0.389. The third-order valence-corrected chi connectivity index (χ3v) is 0.712. The third-order valence-electron chi connectivity index (χ3n) is 0.712. The van der Waals surface area contributed by atoms with Crippen LogP contribution in [-0.2, 0) is 0 Å². The lowest BCUT2D eigenvalue weighted by Gasteiger charge is -2.21. The Bertz CT molecular complexity index is 136. The van der Waals surface area contributed by atoms with Crippen LogP contribution < -0.4 is 0 Å². The topological polar surface area (TPSA) is 0 Å². The lowest BCUT2D eigenvalue weighted by Crippen LogP contribution is -2.49. The zero-order valence-corrected chi connectivity index (χ0v) is 7.23. The highest BCUT2D eigenvalue weighted by atomic mass is 19.5. The Labute approximate surface area is 74.9 Å². The maximum atomic E-state index is 11.2. The van der Waals surface area contributed by atoms with Crippen LogP contribution in [0, 0.1) is 0 Å². The van der Waals surface area contributed by atoms with Crippen LogP contribution in [0.4, 0.5) is 35.1 Å². The summed E-state index contributed by atoms with van der Waals surface area (Å²) in [5.41, 5.74) is 0. The van der Waals surface area contributed by atoms with Crippen molar-refractivity contribution < 1.29 is 35.1 Å². The first-order valence-corrected chi connectivity index (χ1v) is 3.43. The monoisotopic (exact) mass is 232 g/mol. The van der Waals surface area contributed by atoms with Gasteiger partial charge in [-0.1, -0.05) is 20.3 Å². The molecule has 8 heteroatoms. The van der Waals surface area contributed by atoms with E-state index in [4.69, 9.17) is 0 Å². The van der Waals surface area contributed by atoms with E-state index < -0.39 is 18.3 Å². The number of halogens is 8. The van der Waals surface area contributed by atoms with Gasteiger partial charge < -0.3 is 0 Å². The van der Waals surface area contributed by atoms with E-state index >= 15 is 0 Å². The second kappa shape index (κ2) is 4.79. The first-order chi connectivity index (χ1) is 5.91. The van der Waals surface area contributed by atoms with Crippen LogP contribution >= 0.6 is 0 Å². The molecule has 0 aromatic carbocycles. The van der Waals surface area contributed by atoms with Gasteiger partial charge in [0, 0.05) is 0 Å². The van der Waals surface area contributed by atoms with Gasteiger partial charge in [0.15, 0.2) is 0 Å². The normalized spacial score (nSPS) is 13.3. The molecule has 0 bridgehead atoms. The Hall–Kier alpha value is -0.560. The number of rotatable bonds is 0. The van der Waals surface area contributed by atoms with Gasteiger partial charge in [0.2, 0.25) is 0 Å². The minimum Gasteiger partial charge on any atom is -0.186 e. The molecular formula is C6H8F8. The molecule has 0 saturated heterocycles. The highest BCUT2D eigenvalue weighted by Crippen LogP contribution is 2.46. The summed E-state index contributed by atoms with van der Waals surface area (Å²) in [6.07, 6.45) is -11.9. The molecule has 0 fully saturated rings. The highest BCUT2D eigenvalue weighted by Gasteiger charge is 2.74. The first kappa shape index (κ1) is 15.9. The minimum absolute atomic E-state index is 1.25. The van der Waals surface area contributed by atoms with Crippen molar-refractivity contribution in [1.82, 2.24) is 0 Å². The Morgan fingerprint density at radius 3 is 0.786 bits per heavy atom. The first-order valence-electron chi connectivity index (χ1n) is 3.43. The van der Waals surface area contributed by atoms with Gasteiger partial charge >= 0.3 is 18.3 Å². The number of alkyl halides is 8. The molecular weight excluding hydrogens is 224 g/mol. The summed E-state index contributed by atoms with van der Waals surface area (Å²) < 4.78 is 87.5. The SMILES string of the molecule is CCC.FC(F)(F)C(F)(F)C(F)(F)F. The van der Waals surface area contributed by atoms with Crippen LogP contribution in [0.2, 0.25) is 0 Å². The zero-order chi connectivity index (χ0) is 12.2. The predicted octanol–water partition coefficient (Wildman–Crippen LogP) is 4.16. The van der Waals surface area contributed by atoms with E-state index in [1.165, 1.54) is 6.42 Å². The van der Waals surface area contributed by atoms with Crippen molar-refractivity contribution in [3.63, 3.8) is 0 Å². The molecule has 0 spiro atoms. The van der Waals surface area contributed by atoms with E-state index in [9.17, 15) is 35.1 Å². The van der Waals surface area contributed by atoms with E-state index in [-0.39, 0.29) is 0 Å². The molecule has 0 amide bonds. The average Bonchev–Trinajstić information content (AvgIpc) is 1.83. The van der Waals surface area contributed by atoms with Crippen molar-refractivity contribution in [1.29, 1.82) is 0 Å². The van der Waals surface area contributed by atoms with Crippen molar-refractivity contribution in [2.75, 3.05) is 0 Å². The van der Waals surface area contributed by atoms with Gasteiger partial charge in [-0.2, -0.15) is 35.1 Å². The van der Waals surface area contributed by atoms with Crippen LogP contribution in [-0.4, -0.2) is 18.3 Å². The van der Waals surface area contributed by atoms with Gasteiger partial charge in [0.25, 0.3) is 0 Å². The average molecular weight is 232 g/mol. The molecule has 0 aromatic rings. The zero-order valence-electron chi connectivity index (χ0n) is 7.23. The standard InChI is InChI=1S/C3F8.C3H8/c4-1(5,2(6,7)8)3(9,10)11;1-3-2/h;3H2,1-2H3. The number of hydrogen-bond acceptors (Lipinski definition) is 0. The molecule has 0 aliphatic heterocycles. The van der Waals surface area contributed by atoms with E-state index in [2.05, 4.69) is 13.8 Å². The summed E-state index contributed by atoms with van der Waals surface area (Å²) in [4.78, 5) is 0. The van der Waals surface area contributed by atoms with Gasteiger partial charge in [-0.25, -0.2) is 0 Å². The van der Waals surface area contributed by atoms with E-state index in [0.29, 0.717) is 0 Å². The molecule has 0 nitrogen and oxygen atoms in total. The Morgan fingerprint density at radius 1 is 0.643 bits per heavy atom. The molecule has 0 aliphatic rings. The fourth-order valence-electron chi connectivity index (χ4n) is 0.161. The maximum Gasteiger partial charge on any atom is 0.463 e. The van der Waals surface area contributed by atoms with Crippen molar-refractivity contribution in [3.8, 4) is 0 Å². The lowest BCUT2D eigenvalue weighted by atomic mass is 10.3. The fraction of sp³-hybridized carbons (Fsp3) is 1.00. The molecule has 0 atom stereocenters. The van der Waals surface area contributed by atoms with Crippen molar-refractivity contribution in [3.05, 3.63) is 0 Å². The second-order valence-corrected chi connectivity index (χ2v) is 2.28. The smallest absolute Gasteiger partial charge is 0.186 e. The molecule has 0 aliphatic carbocycles. The summed E-state index contributed by atoms with van der Waals surface area (Å²) in [5, 5.41) is 0. The summed E-state index contributed by atoms with van der Waals surface area (Å²) in [5.74, 6) is -6.62. The van der Waals surface area contributed by atoms with Gasteiger partial charge in [-0.3, -0.25) is 0 Å². The summed E-state index contributed by atoms with van der Waals surface area (Å²) in [6.45, 7) is 4.25. The molecule has 0 unspecified atom stereocenters. The van der Waals surface area contributed by atoms with Crippen LogP contribution in [0.25, 0.3) is 0 Å². The minimum atomic E-state index is -6.62. The maximum absolute atomic E-state index is 11.2. The molecule has 0 rings (SSSR count). The highest BCUT2D eigenvalue weighted by molar-refractivity contribution is 4.83. The molecule has 0 heterocycles. The molecule has 88 valence electrons. The molecule has 0 N–H and O–H groups in total. The van der Waals surface area contributed by atoms with Crippen molar-refractivity contribution >= 4 is 0 Å².